The van der Waals surface area contributed by atoms with E-state index in [1.54, 1.807) is 19.2 Å². The Morgan fingerprint density at radius 3 is 2.54 bits per heavy atom. The van der Waals surface area contributed by atoms with E-state index in [1.165, 1.54) is 0 Å². The fourth-order valence-corrected chi connectivity index (χ4v) is 2.87. The average Bonchev–Trinajstić information content (AvgIpc) is 3.14. The first-order valence-corrected chi connectivity index (χ1v) is 9.17. The first-order chi connectivity index (χ1) is 13.1. The van der Waals surface area contributed by atoms with Gasteiger partial charge in [0, 0.05) is 29.2 Å². The minimum absolute atomic E-state index is 0. The minimum Gasteiger partial charge on any atom is -0.356 e. The lowest BCUT2D eigenvalue weighted by Crippen LogP contribution is -2.37. The summed E-state index contributed by atoms with van der Waals surface area (Å²) >= 11 is 12.0. The van der Waals surface area contributed by atoms with Gasteiger partial charge in [-0.05, 0) is 36.2 Å². The van der Waals surface area contributed by atoms with Crippen molar-refractivity contribution in [3.8, 4) is 11.4 Å². The van der Waals surface area contributed by atoms with Gasteiger partial charge in [0.1, 0.15) is 0 Å². The highest BCUT2D eigenvalue weighted by Gasteiger charge is 2.09. The Kier molecular flexibility index (Phi) is 9.01. The van der Waals surface area contributed by atoms with E-state index in [-0.39, 0.29) is 24.0 Å². The van der Waals surface area contributed by atoms with Crippen LogP contribution in [0.25, 0.3) is 11.4 Å². The summed E-state index contributed by atoms with van der Waals surface area (Å²) in [6, 6.07) is 15.1. The summed E-state index contributed by atoms with van der Waals surface area (Å²) in [7, 11) is 1.71. The molecule has 0 aliphatic carbocycles. The second-order valence-corrected chi connectivity index (χ2v) is 6.63. The molecule has 0 atom stereocenters. The molecule has 2 N–H and O–H groups in total. The van der Waals surface area contributed by atoms with Crippen molar-refractivity contribution in [3.63, 3.8) is 0 Å². The summed E-state index contributed by atoms with van der Waals surface area (Å²) in [5.41, 5.74) is 1.97. The third-order valence-corrected chi connectivity index (χ3v) is 4.25. The molecule has 9 heteroatoms. The predicted molar refractivity (Wildman–Crippen MR) is 124 cm³/mol. The third-order valence-electron chi connectivity index (χ3n) is 3.78. The van der Waals surface area contributed by atoms with Crippen LogP contribution in [0.4, 0.5) is 0 Å². The molecule has 0 aliphatic heterocycles. The van der Waals surface area contributed by atoms with Gasteiger partial charge in [-0.25, -0.2) is 0 Å². The maximum atomic E-state index is 6.00. The van der Waals surface area contributed by atoms with Crippen LogP contribution in [0.1, 0.15) is 11.5 Å². The van der Waals surface area contributed by atoms with Crippen LogP contribution >= 0.6 is 47.2 Å². The Balaban J connectivity index is 0.00000280. The zero-order valence-electron chi connectivity index (χ0n) is 15.2. The lowest BCUT2D eigenvalue weighted by molar-refractivity contribution is 0.375. The van der Waals surface area contributed by atoms with Crippen molar-refractivity contribution in [2.24, 2.45) is 4.99 Å². The number of guanidine groups is 1. The van der Waals surface area contributed by atoms with E-state index in [4.69, 9.17) is 27.7 Å². The van der Waals surface area contributed by atoms with Crippen molar-refractivity contribution in [1.29, 1.82) is 0 Å². The maximum absolute atomic E-state index is 6.00. The summed E-state index contributed by atoms with van der Waals surface area (Å²) in [6.45, 7) is 1.09. The average molecular weight is 532 g/mol. The van der Waals surface area contributed by atoms with Gasteiger partial charge >= 0.3 is 0 Å². The van der Waals surface area contributed by atoms with Crippen molar-refractivity contribution in [2.45, 2.75) is 13.0 Å². The zero-order valence-corrected chi connectivity index (χ0v) is 19.0. The predicted octanol–water partition coefficient (Wildman–Crippen LogP) is 4.57. The molecule has 3 rings (SSSR count). The monoisotopic (exact) mass is 531 g/mol. The second kappa shape index (κ2) is 11.2. The molecule has 0 saturated carbocycles. The van der Waals surface area contributed by atoms with Crippen LogP contribution in [0, 0.1) is 0 Å². The fraction of sp³-hybridized carbons (Fsp3) is 0.211. The van der Waals surface area contributed by atoms with Crippen LogP contribution in [-0.4, -0.2) is 29.7 Å². The van der Waals surface area contributed by atoms with Gasteiger partial charge in [-0.2, -0.15) is 4.98 Å². The number of rotatable bonds is 6. The first kappa shape index (κ1) is 22.4. The van der Waals surface area contributed by atoms with E-state index in [9.17, 15) is 0 Å². The van der Waals surface area contributed by atoms with Crippen molar-refractivity contribution in [2.75, 3.05) is 13.6 Å². The van der Waals surface area contributed by atoms with Crippen LogP contribution in [0.5, 0.6) is 0 Å². The van der Waals surface area contributed by atoms with E-state index in [0.717, 1.165) is 29.1 Å². The Bertz CT molecular complexity index is 932. The van der Waals surface area contributed by atoms with Crippen molar-refractivity contribution in [3.05, 3.63) is 70.0 Å². The highest BCUT2D eigenvalue weighted by molar-refractivity contribution is 14.0. The van der Waals surface area contributed by atoms with Crippen LogP contribution in [0.3, 0.4) is 0 Å². The Morgan fingerprint density at radius 2 is 1.82 bits per heavy atom. The maximum Gasteiger partial charge on any atom is 0.246 e. The highest BCUT2D eigenvalue weighted by Crippen LogP contribution is 2.19. The number of nitrogens with zero attached hydrogens (tertiary/aromatic N) is 3. The standard InChI is InChI=1S/C19H19Cl2N5O.HI/c1-22-19(23-9-8-13-4-2-6-15(20)10-13)24-12-17-25-18(26-27-17)14-5-3-7-16(21)11-14;/h2-7,10-11H,8-9,12H2,1H3,(H2,22,23,24);1H. The SMILES string of the molecule is CN=C(NCCc1cccc(Cl)c1)NCc1nc(-c2cccc(Cl)c2)no1.I. The molecule has 0 unspecified atom stereocenters. The van der Waals surface area contributed by atoms with E-state index in [2.05, 4.69) is 25.8 Å². The molecule has 28 heavy (non-hydrogen) atoms. The van der Waals surface area contributed by atoms with Crippen LogP contribution < -0.4 is 10.6 Å². The van der Waals surface area contributed by atoms with Gasteiger partial charge in [0.2, 0.25) is 11.7 Å². The van der Waals surface area contributed by atoms with Crippen LogP contribution in [0.2, 0.25) is 10.0 Å². The lowest BCUT2D eigenvalue weighted by Gasteiger charge is -2.10. The molecule has 1 aromatic heterocycles. The number of hydrogen-bond acceptors (Lipinski definition) is 4. The molecule has 0 spiro atoms. The van der Waals surface area contributed by atoms with Crippen molar-refractivity contribution < 1.29 is 4.52 Å². The molecule has 0 radical (unpaired) electrons. The lowest BCUT2D eigenvalue weighted by atomic mass is 10.1. The van der Waals surface area contributed by atoms with Gasteiger partial charge in [0.15, 0.2) is 5.96 Å². The number of aromatic nitrogens is 2. The number of benzene rings is 2. The number of nitrogens with one attached hydrogen (secondary N) is 2. The topological polar surface area (TPSA) is 75.3 Å². The summed E-state index contributed by atoms with van der Waals surface area (Å²) in [5, 5.41) is 11.7. The smallest absolute Gasteiger partial charge is 0.246 e. The molecule has 2 aromatic carbocycles. The van der Waals surface area contributed by atoms with Crippen LogP contribution in [-0.2, 0) is 13.0 Å². The molecule has 148 valence electrons. The Labute approximate surface area is 190 Å². The highest BCUT2D eigenvalue weighted by atomic mass is 127. The molecule has 1 heterocycles. The van der Waals surface area contributed by atoms with E-state index in [0.29, 0.717) is 29.2 Å². The normalized spacial score (nSPS) is 11.0. The molecular weight excluding hydrogens is 512 g/mol. The van der Waals surface area contributed by atoms with Crippen molar-refractivity contribution in [1.82, 2.24) is 20.8 Å². The molecule has 3 aromatic rings. The van der Waals surface area contributed by atoms with Gasteiger partial charge in [0.25, 0.3) is 0 Å². The van der Waals surface area contributed by atoms with Gasteiger partial charge in [-0.3, -0.25) is 4.99 Å². The number of halogens is 3. The number of aliphatic imine (C=N–C) groups is 1. The summed E-state index contributed by atoms with van der Waals surface area (Å²) in [6.07, 6.45) is 0.834. The van der Waals surface area contributed by atoms with E-state index < -0.39 is 0 Å². The largest absolute Gasteiger partial charge is 0.356 e. The molecule has 6 nitrogen and oxygen atoms in total. The van der Waals surface area contributed by atoms with E-state index in [1.807, 2.05) is 36.4 Å². The third kappa shape index (κ3) is 6.65. The zero-order chi connectivity index (χ0) is 19.1. The van der Waals surface area contributed by atoms with E-state index >= 15 is 0 Å². The molecule has 0 saturated heterocycles. The quantitative estimate of drug-likeness (QED) is 0.277. The fourth-order valence-electron chi connectivity index (χ4n) is 2.47. The Morgan fingerprint density at radius 1 is 1.07 bits per heavy atom. The molecule has 0 bridgehead atoms. The molecular formula is C19H20Cl2IN5O. The summed E-state index contributed by atoms with van der Waals surface area (Å²) < 4.78 is 5.28. The molecule has 0 amide bonds. The molecule has 0 fully saturated rings. The second-order valence-electron chi connectivity index (χ2n) is 5.75. The van der Waals surface area contributed by atoms with Gasteiger partial charge in [0.05, 0.1) is 6.54 Å². The number of hydrogen-bond donors (Lipinski definition) is 2. The molecule has 0 aliphatic rings. The summed E-state index contributed by atoms with van der Waals surface area (Å²) in [5.74, 6) is 1.61. The van der Waals surface area contributed by atoms with Crippen molar-refractivity contribution >= 4 is 53.1 Å². The Hall–Kier alpha value is -1.84. The minimum atomic E-state index is 0. The van der Waals surface area contributed by atoms with Gasteiger partial charge in [-0.1, -0.05) is 52.6 Å². The summed E-state index contributed by atoms with van der Waals surface area (Å²) in [4.78, 5) is 8.56. The first-order valence-electron chi connectivity index (χ1n) is 8.41. The van der Waals surface area contributed by atoms with Crippen LogP contribution in [0.15, 0.2) is 58.0 Å². The van der Waals surface area contributed by atoms with Gasteiger partial charge in [-0.15, -0.1) is 24.0 Å². The van der Waals surface area contributed by atoms with Gasteiger partial charge < -0.3 is 15.2 Å².